The quantitative estimate of drug-likeness (QED) is 0.499. The molecule has 140 valence electrons. The molecule has 0 fully saturated rings. The first kappa shape index (κ1) is 16.8. The Hall–Kier alpha value is -3.38. The van der Waals surface area contributed by atoms with Crippen LogP contribution >= 0.6 is 0 Å². The molecule has 5 rings (SSSR count). The number of anilines is 2. The number of fused-ring (bicyclic) bond motifs is 4. The fourth-order valence-electron chi connectivity index (χ4n) is 4.14. The van der Waals surface area contributed by atoms with Gasteiger partial charge in [0.2, 0.25) is 5.95 Å². The van der Waals surface area contributed by atoms with E-state index in [-0.39, 0.29) is 24.5 Å². The summed E-state index contributed by atoms with van der Waals surface area (Å²) in [5, 5.41) is 12.7. The van der Waals surface area contributed by atoms with Crippen LogP contribution in [0.3, 0.4) is 0 Å². The van der Waals surface area contributed by atoms with Gasteiger partial charge in [0.05, 0.1) is 17.5 Å². The summed E-state index contributed by atoms with van der Waals surface area (Å²) in [5.41, 5.74) is 17.0. The summed E-state index contributed by atoms with van der Waals surface area (Å²) >= 11 is 0. The standard InChI is InChI=1S/C22H20N4O2/c1-11-6-7-15(14-5-3-2-4-13(11)14)16-9-18-19(21(23)26-22(24)25-18)20-17(16)8-12(10-27)28-20/h2-7,9,12,27H,8,10H2,1H3,(H4,23,24,25,26). The molecule has 5 N–H and O–H groups in total. The van der Waals surface area contributed by atoms with Crippen LogP contribution in [0, 0.1) is 6.92 Å². The molecule has 0 radical (unpaired) electrons. The van der Waals surface area contributed by atoms with E-state index < -0.39 is 0 Å². The van der Waals surface area contributed by atoms with Gasteiger partial charge in [-0.05, 0) is 40.5 Å². The van der Waals surface area contributed by atoms with Gasteiger partial charge in [-0.1, -0.05) is 36.4 Å². The van der Waals surface area contributed by atoms with Gasteiger partial charge >= 0.3 is 0 Å². The zero-order valence-electron chi connectivity index (χ0n) is 15.4. The molecule has 1 aliphatic heterocycles. The van der Waals surface area contributed by atoms with Crippen LogP contribution in [0.1, 0.15) is 11.1 Å². The number of ether oxygens (including phenoxy) is 1. The Kier molecular flexibility index (Phi) is 3.64. The Bertz CT molecular complexity index is 1250. The number of nitrogen functional groups attached to an aromatic ring is 2. The van der Waals surface area contributed by atoms with Crippen molar-refractivity contribution in [2.24, 2.45) is 0 Å². The number of hydrogen-bond acceptors (Lipinski definition) is 6. The van der Waals surface area contributed by atoms with Crippen molar-refractivity contribution in [2.75, 3.05) is 18.1 Å². The number of aliphatic hydroxyl groups is 1. The summed E-state index contributed by atoms with van der Waals surface area (Å²) in [7, 11) is 0. The van der Waals surface area contributed by atoms with Crippen molar-refractivity contribution in [1.29, 1.82) is 0 Å². The number of rotatable bonds is 2. The molecule has 4 aromatic rings. The maximum absolute atomic E-state index is 9.69. The number of hydrogen-bond donors (Lipinski definition) is 3. The Morgan fingerprint density at radius 1 is 1.07 bits per heavy atom. The van der Waals surface area contributed by atoms with Crippen LogP contribution in [0.5, 0.6) is 5.75 Å². The predicted octanol–water partition coefficient (Wildman–Crippen LogP) is 3.22. The van der Waals surface area contributed by atoms with E-state index in [9.17, 15) is 5.11 Å². The van der Waals surface area contributed by atoms with Crippen LogP contribution in [-0.2, 0) is 6.42 Å². The molecular weight excluding hydrogens is 352 g/mol. The predicted molar refractivity (Wildman–Crippen MR) is 111 cm³/mol. The topological polar surface area (TPSA) is 107 Å². The minimum absolute atomic E-state index is 0.0695. The van der Waals surface area contributed by atoms with E-state index in [1.165, 1.54) is 10.9 Å². The number of aliphatic hydroxyl groups excluding tert-OH is 1. The molecule has 2 heterocycles. The van der Waals surface area contributed by atoms with Gasteiger partial charge in [-0.15, -0.1) is 0 Å². The molecule has 1 atom stereocenters. The van der Waals surface area contributed by atoms with Gasteiger partial charge in [-0.2, -0.15) is 4.98 Å². The number of nitrogens with two attached hydrogens (primary N) is 2. The van der Waals surface area contributed by atoms with Crippen LogP contribution in [0.2, 0.25) is 0 Å². The van der Waals surface area contributed by atoms with Gasteiger partial charge in [0, 0.05) is 12.0 Å². The highest BCUT2D eigenvalue weighted by Gasteiger charge is 2.30. The number of aromatic nitrogens is 2. The third-order valence-electron chi connectivity index (χ3n) is 5.44. The number of benzene rings is 3. The lowest BCUT2D eigenvalue weighted by Gasteiger charge is -2.15. The van der Waals surface area contributed by atoms with Crippen LogP contribution in [0.15, 0.2) is 42.5 Å². The Balaban J connectivity index is 1.89. The van der Waals surface area contributed by atoms with E-state index in [4.69, 9.17) is 16.2 Å². The maximum atomic E-state index is 9.69. The van der Waals surface area contributed by atoms with Crippen LogP contribution in [0.25, 0.3) is 32.8 Å². The van der Waals surface area contributed by atoms with Gasteiger partial charge in [0.1, 0.15) is 17.7 Å². The largest absolute Gasteiger partial charge is 0.487 e. The van der Waals surface area contributed by atoms with E-state index >= 15 is 0 Å². The van der Waals surface area contributed by atoms with Gasteiger partial charge in [0.25, 0.3) is 0 Å². The van der Waals surface area contributed by atoms with E-state index in [1.54, 1.807) is 0 Å². The zero-order valence-corrected chi connectivity index (χ0v) is 15.4. The average Bonchev–Trinajstić information content (AvgIpc) is 3.12. The third kappa shape index (κ3) is 2.38. The minimum atomic E-state index is -0.312. The lowest BCUT2D eigenvalue weighted by Crippen LogP contribution is -2.17. The van der Waals surface area contributed by atoms with Crippen molar-refractivity contribution in [3.63, 3.8) is 0 Å². The molecule has 1 aromatic heterocycles. The van der Waals surface area contributed by atoms with E-state index in [2.05, 4.69) is 41.2 Å². The van der Waals surface area contributed by atoms with E-state index in [0.29, 0.717) is 23.1 Å². The summed E-state index contributed by atoms with van der Waals surface area (Å²) in [4.78, 5) is 8.49. The Morgan fingerprint density at radius 2 is 1.86 bits per heavy atom. The number of aryl methyl sites for hydroxylation is 1. The number of nitrogens with zero attached hydrogens (tertiary/aromatic N) is 2. The molecule has 0 saturated carbocycles. The normalized spacial score (nSPS) is 15.7. The molecule has 0 amide bonds. The SMILES string of the molecule is Cc1ccc(-c2cc3nc(N)nc(N)c3c3c2CC(CO)O3)c2ccccc12. The molecular formula is C22H20N4O2. The van der Waals surface area contributed by atoms with Crippen LogP contribution < -0.4 is 16.2 Å². The second kappa shape index (κ2) is 6.07. The molecule has 1 aliphatic rings. The summed E-state index contributed by atoms with van der Waals surface area (Å²) in [6.45, 7) is 2.04. The second-order valence-electron chi connectivity index (χ2n) is 7.20. The van der Waals surface area contributed by atoms with Crippen molar-refractivity contribution in [3.8, 4) is 16.9 Å². The molecule has 28 heavy (non-hydrogen) atoms. The third-order valence-corrected chi connectivity index (χ3v) is 5.44. The highest BCUT2D eigenvalue weighted by atomic mass is 16.5. The summed E-state index contributed by atoms with van der Waals surface area (Å²) < 4.78 is 6.04. The first-order valence-corrected chi connectivity index (χ1v) is 9.21. The van der Waals surface area contributed by atoms with Crippen molar-refractivity contribution < 1.29 is 9.84 Å². The van der Waals surface area contributed by atoms with Crippen molar-refractivity contribution in [2.45, 2.75) is 19.4 Å². The molecule has 1 unspecified atom stereocenters. The molecule has 3 aromatic carbocycles. The van der Waals surface area contributed by atoms with Crippen molar-refractivity contribution in [3.05, 3.63) is 53.6 Å². The van der Waals surface area contributed by atoms with Gasteiger partial charge in [-0.3, -0.25) is 0 Å². The van der Waals surface area contributed by atoms with Gasteiger partial charge < -0.3 is 21.3 Å². The summed E-state index contributed by atoms with van der Waals surface area (Å²) in [6.07, 6.45) is 0.288. The molecule has 0 bridgehead atoms. The molecule has 0 aliphatic carbocycles. The zero-order chi connectivity index (χ0) is 19.4. The van der Waals surface area contributed by atoms with Crippen LogP contribution in [0.4, 0.5) is 11.8 Å². The Labute approximate surface area is 161 Å². The van der Waals surface area contributed by atoms with Crippen molar-refractivity contribution in [1.82, 2.24) is 9.97 Å². The molecule has 6 nitrogen and oxygen atoms in total. The van der Waals surface area contributed by atoms with Crippen molar-refractivity contribution >= 4 is 33.4 Å². The summed E-state index contributed by atoms with van der Waals surface area (Å²) in [5.74, 6) is 1.06. The minimum Gasteiger partial charge on any atom is -0.487 e. The fourth-order valence-corrected chi connectivity index (χ4v) is 4.14. The highest BCUT2D eigenvalue weighted by Crippen LogP contribution is 2.45. The maximum Gasteiger partial charge on any atom is 0.222 e. The Morgan fingerprint density at radius 3 is 2.64 bits per heavy atom. The highest BCUT2D eigenvalue weighted by molar-refractivity contribution is 6.05. The first-order chi connectivity index (χ1) is 13.6. The smallest absolute Gasteiger partial charge is 0.222 e. The van der Waals surface area contributed by atoms with Crippen LogP contribution in [-0.4, -0.2) is 27.8 Å². The molecule has 0 spiro atoms. The van der Waals surface area contributed by atoms with E-state index in [0.717, 1.165) is 22.1 Å². The van der Waals surface area contributed by atoms with Gasteiger partial charge in [0.15, 0.2) is 0 Å². The molecule has 6 heteroatoms. The lowest BCUT2D eigenvalue weighted by molar-refractivity contribution is 0.136. The van der Waals surface area contributed by atoms with E-state index in [1.807, 2.05) is 18.2 Å². The van der Waals surface area contributed by atoms with Gasteiger partial charge in [-0.25, -0.2) is 4.98 Å². The molecule has 0 saturated heterocycles. The monoisotopic (exact) mass is 372 g/mol. The lowest BCUT2D eigenvalue weighted by atomic mass is 9.90. The first-order valence-electron chi connectivity index (χ1n) is 9.21. The second-order valence-corrected chi connectivity index (χ2v) is 7.20. The summed E-state index contributed by atoms with van der Waals surface area (Å²) in [6, 6.07) is 14.6. The average molecular weight is 372 g/mol. The fraction of sp³-hybridized carbons (Fsp3) is 0.182.